The Morgan fingerprint density at radius 2 is 1.90 bits per heavy atom. The molecule has 0 fully saturated rings. The van der Waals surface area contributed by atoms with E-state index < -0.39 is 0 Å². The summed E-state index contributed by atoms with van der Waals surface area (Å²) in [6.07, 6.45) is 2.18. The molecule has 0 atom stereocenters. The summed E-state index contributed by atoms with van der Waals surface area (Å²) in [4.78, 5) is 0. The van der Waals surface area contributed by atoms with Crippen molar-refractivity contribution < 1.29 is 6.16 Å². The lowest BCUT2D eigenvalue weighted by Gasteiger charge is -1.96. The third-order valence-corrected chi connectivity index (χ3v) is 0.947. The van der Waals surface area contributed by atoms with Crippen molar-refractivity contribution in [2.24, 2.45) is 5.73 Å². The van der Waals surface area contributed by atoms with Crippen molar-refractivity contribution in [3.8, 4) is 0 Å². The van der Waals surface area contributed by atoms with Gasteiger partial charge in [-0.25, -0.2) is 0 Å². The summed E-state index contributed by atoms with van der Waals surface area (Å²) in [5.41, 5.74) is 5.26. The molecule has 0 aliphatic rings. The van der Waals surface area contributed by atoms with Crippen LogP contribution in [0, 0.1) is 0 Å². The zero-order valence-electron chi connectivity index (χ0n) is 7.52. The zero-order valence-corrected chi connectivity index (χ0v) is 7.52. The molecule has 2 N–H and O–H groups in total. The van der Waals surface area contributed by atoms with E-state index >= 15 is 0 Å². The lowest BCUT2D eigenvalue weighted by Crippen LogP contribution is -2.01. The number of ether oxygens (including phenoxy) is 1. The highest BCUT2D eigenvalue weighted by Gasteiger charge is 1.82. The smallest absolute Gasteiger partial charge is 0.0466 e. The van der Waals surface area contributed by atoms with Gasteiger partial charge in [-0.05, 0) is 26.3 Å². The van der Waals surface area contributed by atoms with Gasteiger partial charge in [0.1, 0.15) is 0 Å². The molecule has 0 saturated carbocycles. The number of rotatable bonds is 5. The highest BCUT2D eigenvalue weighted by Crippen LogP contribution is 1.85. The van der Waals surface area contributed by atoms with E-state index in [0.29, 0.717) is 0 Å². The topological polar surface area (TPSA) is 35.2 Å². The molecule has 0 radical (unpaired) electrons. The normalized spacial score (nSPS) is 8.40. The quantitative estimate of drug-likeness (QED) is 0.607. The predicted octanol–water partition coefficient (Wildman–Crippen LogP) is 2.03. The Hall–Kier alpha value is -0.0800. The zero-order chi connectivity index (χ0) is 8.24. The summed E-state index contributed by atoms with van der Waals surface area (Å²) >= 11 is 0. The highest BCUT2D eigenvalue weighted by molar-refractivity contribution is 4.37. The monoisotopic (exact) mass is 149 g/mol. The van der Waals surface area contributed by atoms with Gasteiger partial charge in [-0.1, -0.05) is 13.8 Å². The van der Waals surface area contributed by atoms with Gasteiger partial charge in [0.05, 0.1) is 0 Å². The lowest BCUT2D eigenvalue weighted by atomic mass is 10.3. The molecule has 10 heavy (non-hydrogen) atoms. The minimum atomic E-state index is 0. The molecule has 0 amide bonds. The third-order valence-electron chi connectivity index (χ3n) is 0.947. The van der Waals surface area contributed by atoms with Crippen LogP contribution < -0.4 is 5.73 Å². The van der Waals surface area contributed by atoms with Crippen LogP contribution in [0.25, 0.3) is 0 Å². The Labute approximate surface area is 66.2 Å². The fourth-order valence-electron chi connectivity index (χ4n) is 0.493. The summed E-state index contributed by atoms with van der Waals surface area (Å²) in [6, 6.07) is 0. The highest BCUT2D eigenvalue weighted by atomic mass is 16.5. The second kappa shape index (κ2) is 16.0. The number of nitrogens with two attached hydrogens (primary N) is 1. The second-order valence-corrected chi connectivity index (χ2v) is 1.69. The molecule has 0 aliphatic carbocycles. The Kier molecular flexibility index (Phi) is 20.1. The van der Waals surface area contributed by atoms with Gasteiger partial charge in [0.15, 0.2) is 0 Å². The first-order valence-electron chi connectivity index (χ1n) is 4.19. The minimum absolute atomic E-state index is 0. The molecular formula is C8H23NO. The molecule has 66 valence electrons. The van der Waals surface area contributed by atoms with Gasteiger partial charge in [-0.2, -0.15) is 0 Å². The van der Waals surface area contributed by atoms with E-state index in [0.717, 1.165) is 32.6 Å². The molecule has 0 aliphatic heterocycles. The maximum atomic E-state index is 5.26. The molecule has 0 aromatic rings. The van der Waals surface area contributed by atoms with E-state index in [1.165, 1.54) is 0 Å². The molecule has 0 aromatic carbocycles. The molecule has 0 heterocycles. The number of unbranched alkanes of at least 4 members (excludes halogenated alkanes) is 1. The predicted molar refractivity (Wildman–Crippen MR) is 48.2 cm³/mol. The Morgan fingerprint density at radius 3 is 2.30 bits per heavy atom. The fourth-order valence-corrected chi connectivity index (χ4v) is 0.493. The molecule has 0 unspecified atom stereocenters. The van der Waals surface area contributed by atoms with Gasteiger partial charge in [-0.3, -0.25) is 0 Å². The minimum Gasteiger partial charge on any atom is -0.382 e. The molecule has 0 bridgehead atoms. The van der Waals surface area contributed by atoms with Gasteiger partial charge < -0.3 is 10.5 Å². The average Bonchev–Trinajstić information content (AvgIpc) is 2.02. The van der Waals surface area contributed by atoms with Gasteiger partial charge in [-0.15, -0.1) is 0 Å². The van der Waals surface area contributed by atoms with Crippen molar-refractivity contribution >= 4 is 0 Å². The molecule has 2 nitrogen and oxygen atoms in total. The van der Waals surface area contributed by atoms with Crippen LogP contribution in [0.3, 0.4) is 0 Å². The van der Waals surface area contributed by atoms with Crippen molar-refractivity contribution in [1.29, 1.82) is 0 Å². The number of hydrogen-bond acceptors (Lipinski definition) is 2. The maximum Gasteiger partial charge on any atom is 0.0466 e. The molecule has 0 saturated heterocycles. The first-order valence-corrected chi connectivity index (χ1v) is 4.19. The second-order valence-electron chi connectivity index (χ2n) is 1.69. The average molecular weight is 149 g/mol. The summed E-state index contributed by atoms with van der Waals surface area (Å²) in [6.45, 7) is 8.48. The van der Waals surface area contributed by atoms with E-state index in [2.05, 4.69) is 0 Å². The van der Waals surface area contributed by atoms with Gasteiger partial charge in [0.2, 0.25) is 0 Å². The SMILES string of the molecule is CC.CCOCCCCN.[HH]. The largest absolute Gasteiger partial charge is 0.382 e. The first-order chi connectivity index (χ1) is 4.91. The van der Waals surface area contributed by atoms with Crippen molar-refractivity contribution in [2.75, 3.05) is 19.8 Å². The van der Waals surface area contributed by atoms with E-state index in [9.17, 15) is 0 Å². The van der Waals surface area contributed by atoms with Crippen LogP contribution in [-0.4, -0.2) is 19.8 Å². The van der Waals surface area contributed by atoms with Crippen LogP contribution in [0.1, 0.15) is 35.0 Å². The molecule has 0 rings (SSSR count). The van der Waals surface area contributed by atoms with Gasteiger partial charge in [0, 0.05) is 14.6 Å². The van der Waals surface area contributed by atoms with E-state index in [1.807, 2.05) is 20.8 Å². The van der Waals surface area contributed by atoms with Crippen LogP contribution >= 0.6 is 0 Å². The van der Waals surface area contributed by atoms with Crippen molar-refractivity contribution in [1.82, 2.24) is 0 Å². The summed E-state index contributed by atoms with van der Waals surface area (Å²) < 4.78 is 5.08. The van der Waals surface area contributed by atoms with E-state index in [4.69, 9.17) is 10.5 Å². The van der Waals surface area contributed by atoms with Gasteiger partial charge in [0.25, 0.3) is 0 Å². The molecule has 0 spiro atoms. The van der Waals surface area contributed by atoms with Gasteiger partial charge >= 0.3 is 0 Å². The van der Waals surface area contributed by atoms with Crippen LogP contribution in [0.15, 0.2) is 0 Å². The van der Waals surface area contributed by atoms with Crippen LogP contribution in [0.5, 0.6) is 0 Å². The lowest BCUT2D eigenvalue weighted by molar-refractivity contribution is 0.144. The van der Waals surface area contributed by atoms with Crippen LogP contribution in [0.4, 0.5) is 0 Å². The summed E-state index contributed by atoms with van der Waals surface area (Å²) in [7, 11) is 0. The van der Waals surface area contributed by atoms with Crippen LogP contribution in [0.2, 0.25) is 0 Å². The molecule has 0 aromatic heterocycles. The Morgan fingerprint density at radius 1 is 1.30 bits per heavy atom. The Bertz CT molecular complexity index is 39.1. The van der Waals surface area contributed by atoms with Crippen LogP contribution in [-0.2, 0) is 4.74 Å². The fraction of sp³-hybridized carbons (Fsp3) is 1.00. The first kappa shape index (κ1) is 12.6. The third kappa shape index (κ3) is 15.7. The van der Waals surface area contributed by atoms with Crippen molar-refractivity contribution in [2.45, 2.75) is 33.6 Å². The molecular weight excluding hydrogens is 126 g/mol. The van der Waals surface area contributed by atoms with Crippen molar-refractivity contribution in [3.63, 3.8) is 0 Å². The van der Waals surface area contributed by atoms with Crippen molar-refractivity contribution in [3.05, 3.63) is 0 Å². The Balaban J connectivity index is -0.000000196. The standard InChI is InChI=1S/C6H15NO.C2H6.H2/c1-2-8-6-4-3-5-7;1-2;/h2-7H2,1H3;1-2H3;1H. The van der Waals surface area contributed by atoms with E-state index in [-0.39, 0.29) is 1.43 Å². The number of hydrogen-bond donors (Lipinski definition) is 1. The molecule has 2 heteroatoms. The summed E-state index contributed by atoms with van der Waals surface area (Å²) in [5, 5.41) is 0. The summed E-state index contributed by atoms with van der Waals surface area (Å²) in [5.74, 6) is 0. The maximum absolute atomic E-state index is 5.26. The van der Waals surface area contributed by atoms with E-state index in [1.54, 1.807) is 0 Å².